The van der Waals surface area contributed by atoms with E-state index in [0.29, 0.717) is 6.79 Å². The first-order valence-electron chi connectivity index (χ1n) is 8.91. The smallest absolute Gasteiger partial charge is 0.262 e. The number of nitrogens with zero attached hydrogens (tertiary/aromatic N) is 1. The lowest BCUT2D eigenvalue weighted by Crippen LogP contribution is -3.00. The highest BCUT2D eigenvalue weighted by Gasteiger charge is 2.16. The maximum atomic E-state index is 5.49. The van der Waals surface area contributed by atoms with Crippen molar-refractivity contribution in [2.24, 2.45) is 0 Å². The summed E-state index contributed by atoms with van der Waals surface area (Å²) in [4.78, 5) is 2.47. The predicted molar refractivity (Wildman–Crippen MR) is 113 cm³/mol. The molecule has 0 saturated heterocycles. The SMILES string of the molecule is CC[n+]1c(/C=C/c2ccc(-c3ccc4c(c3)OCO4)s2)sc2ccccc21.[I-]. The van der Waals surface area contributed by atoms with Gasteiger partial charge in [-0.15, -0.1) is 11.3 Å². The Morgan fingerprint density at radius 2 is 1.82 bits per heavy atom. The third-order valence-corrected chi connectivity index (χ3v) is 6.86. The number of thiophene rings is 1. The summed E-state index contributed by atoms with van der Waals surface area (Å²) in [6.07, 6.45) is 4.43. The van der Waals surface area contributed by atoms with Gasteiger partial charge in [0, 0.05) is 21.9 Å². The van der Waals surface area contributed by atoms with Crippen molar-refractivity contribution in [1.82, 2.24) is 0 Å². The minimum Gasteiger partial charge on any atom is -1.00 e. The maximum absolute atomic E-state index is 5.49. The van der Waals surface area contributed by atoms with Crippen LogP contribution in [0.1, 0.15) is 16.8 Å². The van der Waals surface area contributed by atoms with E-state index >= 15 is 0 Å². The number of ether oxygens (including phenoxy) is 2. The van der Waals surface area contributed by atoms with Gasteiger partial charge < -0.3 is 33.5 Å². The van der Waals surface area contributed by atoms with Gasteiger partial charge in [-0.3, -0.25) is 0 Å². The van der Waals surface area contributed by atoms with Crippen molar-refractivity contribution in [2.45, 2.75) is 13.5 Å². The third-order valence-electron chi connectivity index (χ3n) is 4.63. The van der Waals surface area contributed by atoms with Crippen LogP contribution in [0.15, 0.2) is 54.6 Å². The van der Waals surface area contributed by atoms with Crippen LogP contribution in [0.25, 0.3) is 32.8 Å². The van der Waals surface area contributed by atoms with Gasteiger partial charge in [-0.05, 0) is 55.0 Å². The van der Waals surface area contributed by atoms with E-state index in [1.165, 1.54) is 25.0 Å². The minimum absolute atomic E-state index is 0. The van der Waals surface area contributed by atoms with Crippen LogP contribution in [0.5, 0.6) is 11.5 Å². The molecule has 0 fully saturated rings. The molecule has 6 heteroatoms. The van der Waals surface area contributed by atoms with E-state index < -0.39 is 0 Å². The summed E-state index contributed by atoms with van der Waals surface area (Å²) in [5.41, 5.74) is 2.46. The van der Waals surface area contributed by atoms with Crippen molar-refractivity contribution in [3.63, 3.8) is 0 Å². The molecule has 0 saturated carbocycles. The summed E-state index contributed by atoms with van der Waals surface area (Å²) < 4.78 is 14.6. The highest BCUT2D eigenvalue weighted by Crippen LogP contribution is 2.38. The second kappa shape index (κ2) is 8.23. The van der Waals surface area contributed by atoms with Crippen LogP contribution in [0.2, 0.25) is 0 Å². The molecule has 0 aliphatic carbocycles. The number of aryl methyl sites for hydroxylation is 1. The van der Waals surface area contributed by atoms with Crippen LogP contribution >= 0.6 is 22.7 Å². The number of thiazole rings is 1. The van der Waals surface area contributed by atoms with E-state index in [4.69, 9.17) is 9.47 Å². The molecular formula is C22H18INO2S2. The van der Waals surface area contributed by atoms with E-state index in [1.807, 2.05) is 17.4 Å². The number of rotatable bonds is 4. The van der Waals surface area contributed by atoms with Crippen molar-refractivity contribution >= 4 is 45.0 Å². The topological polar surface area (TPSA) is 22.3 Å². The Balaban J connectivity index is 0.00000192. The fourth-order valence-corrected chi connectivity index (χ4v) is 5.34. The van der Waals surface area contributed by atoms with E-state index in [9.17, 15) is 0 Å². The van der Waals surface area contributed by atoms with Gasteiger partial charge in [-0.25, -0.2) is 0 Å². The van der Waals surface area contributed by atoms with Crippen LogP contribution in [-0.4, -0.2) is 6.79 Å². The van der Waals surface area contributed by atoms with Crippen LogP contribution in [-0.2, 0) is 6.54 Å². The molecule has 1 aliphatic heterocycles. The zero-order valence-electron chi connectivity index (χ0n) is 15.2. The van der Waals surface area contributed by atoms with Crippen molar-refractivity contribution in [2.75, 3.05) is 6.79 Å². The number of hydrogen-bond donors (Lipinski definition) is 0. The van der Waals surface area contributed by atoms with Gasteiger partial charge in [0.2, 0.25) is 12.3 Å². The van der Waals surface area contributed by atoms with Gasteiger partial charge in [0.05, 0.1) is 0 Å². The Hall–Kier alpha value is -1.90. The summed E-state index contributed by atoms with van der Waals surface area (Å²) in [6.45, 7) is 3.47. The molecule has 142 valence electrons. The summed E-state index contributed by atoms with van der Waals surface area (Å²) in [5.74, 6) is 1.65. The number of para-hydroxylation sites is 1. The summed E-state index contributed by atoms with van der Waals surface area (Å²) >= 11 is 3.62. The predicted octanol–water partition coefficient (Wildman–Crippen LogP) is 2.84. The number of halogens is 1. The lowest BCUT2D eigenvalue weighted by atomic mass is 10.1. The normalized spacial score (nSPS) is 12.6. The first kappa shape index (κ1) is 19.4. The first-order chi connectivity index (χ1) is 13.3. The molecule has 1 aliphatic rings. The molecule has 0 N–H and O–H groups in total. The average Bonchev–Trinajstić information content (AvgIpc) is 3.42. The largest absolute Gasteiger partial charge is 1.00 e. The molecule has 4 aromatic rings. The Labute approximate surface area is 188 Å². The highest BCUT2D eigenvalue weighted by molar-refractivity contribution is 7.19. The molecule has 0 unspecified atom stereocenters. The first-order valence-corrected chi connectivity index (χ1v) is 10.5. The molecule has 5 rings (SSSR count). The fraction of sp³-hybridized carbons (Fsp3) is 0.136. The van der Waals surface area contributed by atoms with Gasteiger partial charge in [0.15, 0.2) is 11.5 Å². The van der Waals surface area contributed by atoms with Crippen molar-refractivity contribution in [3.8, 4) is 21.9 Å². The molecule has 0 bridgehead atoms. The summed E-state index contributed by atoms with van der Waals surface area (Å²) in [5, 5.41) is 1.27. The molecule has 3 heterocycles. The van der Waals surface area contributed by atoms with Gasteiger partial charge >= 0.3 is 0 Å². The van der Waals surface area contributed by atoms with Crippen LogP contribution < -0.4 is 38.0 Å². The average molecular weight is 519 g/mol. The second-order valence-electron chi connectivity index (χ2n) is 6.26. The highest BCUT2D eigenvalue weighted by atomic mass is 127. The molecule has 0 spiro atoms. The van der Waals surface area contributed by atoms with Crippen LogP contribution in [0.3, 0.4) is 0 Å². The van der Waals surface area contributed by atoms with Crippen molar-refractivity contribution < 1.29 is 38.0 Å². The molecule has 2 aromatic heterocycles. The fourth-order valence-electron chi connectivity index (χ4n) is 3.30. The zero-order chi connectivity index (χ0) is 18.2. The minimum atomic E-state index is 0. The summed E-state index contributed by atoms with van der Waals surface area (Å²) in [7, 11) is 0. The standard InChI is InChI=1S/C22H18NO2S2.HI/c1-2-23-17-5-3-4-6-21(17)27-22(23)12-9-16-8-11-20(26-16)15-7-10-18-19(13-15)25-14-24-18;/h3-13H,2,14H2,1H3;1H/q+1;/p-1/b12-9+;. The van der Waals surface area contributed by atoms with Gasteiger partial charge in [0.25, 0.3) is 5.01 Å². The van der Waals surface area contributed by atoms with Gasteiger partial charge in [0.1, 0.15) is 11.2 Å². The Kier molecular flexibility index (Phi) is 5.70. The number of benzene rings is 2. The Morgan fingerprint density at radius 1 is 0.964 bits per heavy atom. The molecule has 0 radical (unpaired) electrons. The maximum Gasteiger partial charge on any atom is 0.262 e. The lowest BCUT2D eigenvalue weighted by molar-refractivity contribution is -0.665. The summed E-state index contributed by atoms with van der Waals surface area (Å²) in [6, 6.07) is 19.0. The van der Waals surface area contributed by atoms with Crippen molar-refractivity contribution in [3.05, 3.63) is 64.5 Å². The quantitative estimate of drug-likeness (QED) is 0.306. The van der Waals surface area contributed by atoms with E-state index in [0.717, 1.165) is 23.6 Å². The van der Waals surface area contributed by atoms with Crippen LogP contribution in [0, 0.1) is 0 Å². The van der Waals surface area contributed by atoms with E-state index in [-0.39, 0.29) is 24.0 Å². The number of aromatic nitrogens is 1. The molecule has 0 amide bonds. The van der Waals surface area contributed by atoms with Crippen LogP contribution in [0.4, 0.5) is 0 Å². The number of hydrogen-bond acceptors (Lipinski definition) is 4. The molecule has 0 atom stereocenters. The second-order valence-corrected chi connectivity index (χ2v) is 8.43. The van der Waals surface area contributed by atoms with Crippen molar-refractivity contribution in [1.29, 1.82) is 0 Å². The zero-order valence-corrected chi connectivity index (χ0v) is 19.0. The molecule has 3 nitrogen and oxygen atoms in total. The number of fused-ring (bicyclic) bond motifs is 2. The monoisotopic (exact) mass is 519 g/mol. The van der Waals surface area contributed by atoms with E-state index in [2.05, 4.69) is 72.2 Å². The van der Waals surface area contributed by atoms with Gasteiger partial charge in [-0.1, -0.05) is 23.5 Å². The Morgan fingerprint density at radius 3 is 2.71 bits per heavy atom. The Bertz CT molecular complexity index is 1160. The third kappa shape index (κ3) is 3.56. The molecule has 2 aromatic carbocycles. The van der Waals surface area contributed by atoms with E-state index in [1.54, 1.807) is 11.3 Å². The molecule has 28 heavy (non-hydrogen) atoms. The molecular weight excluding hydrogens is 501 g/mol. The lowest BCUT2D eigenvalue weighted by Gasteiger charge is -1.99. The van der Waals surface area contributed by atoms with Gasteiger partial charge in [-0.2, -0.15) is 4.57 Å².